The average Bonchev–Trinajstić information content (AvgIpc) is 2.92. The number of rotatable bonds is 9. The Balaban J connectivity index is 1.67. The number of benzene rings is 1. The number of hydrogen-bond acceptors (Lipinski definition) is 3. The number of unbranched alkanes of at least 4 members (excludes halogenated alkanes) is 4. The maximum Gasteiger partial charge on any atom is 0.303 e. The number of carboxylic acids is 1. The van der Waals surface area contributed by atoms with Gasteiger partial charge in [0.25, 0.3) is 5.91 Å². The van der Waals surface area contributed by atoms with Crippen LogP contribution in [0.2, 0.25) is 0 Å². The van der Waals surface area contributed by atoms with Gasteiger partial charge in [-0.1, -0.05) is 30.9 Å². The quantitative estimate of drug-likeness (QED) is 0.687. The molecule has 1 heterocycles. The first-order valence-electron chi connectivity index (χ1n) is 8.06. The first-order valence-corrected chi connectivity index (χ1v) is 8.06. The molecule has 0 radical (unpaired) electrons. The van der Waals surface area contributed by atoms with Crippen LogP contribution in [0.4, 0.5) is 0 Å². The molecular weight excluding hydrogens is 294 g/mol. The molecule has 0 fully saturated rings. The van der Waals surface area contributed by atoms with Crippen molar-refractivity contribution in [1.29, 1.82) is 0 Å². The molecule has 0 spiro atoms. The van der Waals surface area contributed by atoms with E-state index in [0.717, 1.165) is 48.6 Å². The Morgan fingerprint density at radius 3 is 2.61 bits per heavy atom. The van der Waals surface area contributed by atoms with Gasteiger partial charge in [-0.2, -0.15) is 0 Å². The first kappa shape index (κ1) is 17.1. The Kier molecular flexibility index (Phi) is 6.20. The van der Waals surface area contributed by atoms with Crippen molar-refractivity contribution in [1.82, 2.24) is 5.32 Å². The van der Waals surface area contributed by atoms with Crippen molar-refractivity contribution in [2.24, 2.45) is 0 Å². The zero-order chi connectivity index (χ0) is 16.7. The van der Waals surface area contributed by atoms with Gasteiger partial charge in [0.05, 0.1) is 0 Å². The lowest BCUT2D eigenvalue weighted by Gasteiger charge is -2.03. The van der Waals surface area contributed by atoms with Crippen LogP contribution in [0.5, 0.6) is 0 Å². The summed E-state index contributed by atoms with van der Waals surface area (Å²) in [7, 11) is 0. The number of hydrogen-bond donors (Lipinski definition) is 2. The zero-order valence-corrected chi connectivity index (χ0v) is 13.4. The number of aryl methyl sites for hydroxylation is 1. The van der Waals surface area contributed by atoms with Gasteiger partial charge in [0.2, 0.25) is 0 Å². The van der Waals surface area contributed by atoms with Crippen LogP contribution in [0.15, 0.2) is 28.7 Å². The van der Waals surface area contributed by atoms with Gasteiger partial charge in [-0.3, -0.25) is 9.59 Å². The van der Waals surface area contributed by atoms with Crippen molar-refractivity contribution >= 4 is 22.8 Å². The summed E-state index contributed by atoms with van der Waals surface area (Å²) in [5.74, 6) is -0.588. The van der Waals surface area contributed by atoms with Crippen molar-refractivity contribution in [2.45, 2.75) is 45.4 Å². The van der Waals surface area contributed by atoms with Crippen LogP contribution in [0.1, 0.15) is 54.6 Å². The second-order valence-electron chi connectivity index (χ2n) is 5.82. The number of fused-ring (bicyclic) bond motifs is 1. The van der Waals surface area contributed by atoms with E-state index in [2.05, 4.69) is 5.32 Å². The van der Waals surface area contributed by atoms with E-state index >= 15 is 0 Å². The van der Waals surface area contributed by atoms with E-state index in [9.17, 15) is 9.59 Å². The maximum absolute atomic E-state index is 12.0. The molecule has 1 amide bonds. The van der Waals surface area contributed by atoms with Gasteiger partial charge in [-0.05, 0) is 38.0 Å². The molecule has 2 rings (SSSR count). The molecule has 5 heteroatoms. The summed E-state index contributed by atoms with van der Waals surface area (Å²) in [5, 5.41) is 12.3. The highest BCUT2D eigenvalue weighted by Gasteiger charge is 2.11. The highest BCUT2D eigenvalue weighted by atomic mass is 16.4. The van der Waals surface area contributed by atoms with Gasteiger partial charge >= 0.3 is 5.97 Å². The van der Waals surface area contributed by atoms with Gasteiger partial charge in [0, 0.05) is 18.4 Å². The molecule has 1 aromatic heterocycles. The summed E-state index contributed by atoms with van der Waals surface area (Å²) < 4.78 is 5.55. The molecule has 0 bridgehead atoms. The first-order chi connectivity index (χ1) is 11.1. The predicted molar refractivity (Wildman–Crippen MR) is 88.6 cm³/mol. The summed E-state index contributed by atoms with van der Waals surface area (Å²) in [6.45, 7) is 2.61. The lowest BCUT2D eigenvalue weighted by atomic mass is 10.1. The van der Waals surface area contributed by atoms with E-state index in [1.54, 1.807) is 6.07 Å². The second kappa shape index (κ2) is 8.36. The van der Waals surface area contributed by atoms with Crippen LogP contribution in [0.3, 0.4) is 0 Å². The Morgan fingerprint density at radius 2 is 1.83 bits per heavy atom. The van der Waals surface area contributed by atoms with Gasteiger partial charge in [0.1, 0.15) is 5.58 Å². The Labute approximate surface area is 135 Å². The highest BCUT2D eigenvalue weighted by Crippen LogP contribution is 2.20. The SMILES string of the molecule is Cc1ccc2oc(C(=O)NCCCCCCCC(=O)O)cc2c1. The molecule has 2 N–H and O–H groups in total. The monoisotopic (exact) mass is 317 g/mol. The van der Waals surface area contributed by atoms with E-state index in [1.807, 2.05) is 25.1 Å². The van der Waals surface area contributed by atoms with E-state index < -0.39 is 5.97 Å². The average molecular weight is 317 g/mol. The Morgan fingerprint density at radius 1 is 1.09 bits per heavy atom. The molecule has 0 aliphatic heterocycles. The number of carboxylic acid groups (broad SMARTS) is 1. The molecule has 1 aromatic carbocycles. The van der Waals surface area contributed by atoms with Gasteiger partial charge < -0.3 is 14.8 Å². The number of nitrogens with one attached hydrogen (secondary N) is 1. The smallest absolute Gasteiger partial charge is 0.303 e. The molecule has 0 atom stereocenters. The van der Waals surface area contributed by atoms with E-state index in [1.165, 1.54) is 0 Å². The van der Waals surface area contributed by atoms with Crippen LogP contribution in [0.25, 0.3) is 11.0 Å². The molecule has 0 saturated carbocycles. The van der Waals surface area contributed by atoms with Crippen LogP contribution < -0.4 is 5.32 Å². The van der Waals surface area contributed by atoms with Gasteiger partial charge in [0.15, 0.2) is 5.76 Å². The zero-order valence-electron chi connectivity index (χ0n) is 13.4. The lowest BCUT2D eigenvalue weighted by molar-refractivity contribution is -0.137. The normalized spacial score (nSPS) is 10.8. The Hall–Kier alpha value is -2.30. The van der Waals surface area contributed by atoms with Crippen LogP contribution in [-0.4, -0.2) is 23.5 Å². The summed E-state index contributed by atoms with van der Waals surface area (Å²) in [6.07, 6.45) is 4.75. The predicted octanol–water partition coefficient (Wildman–Crippen LogP) is 3.90. The van der Waals surface area contributed by atoms with E-state index in [4.69, 9.17) is 9.52 Å². The number of amides is 1. The largest absolute Gasteiger partial charge is 0.481 e. The number of carbonyl (C=O) groups excluding carboxylic acids is 1. The standard InChI is InChI=1S/C18H23NO4/c1-13-8-9-15-14(11-13)12-16(23-15)18(22)19-10-6-4-2-3-5-7-17(20)21/h8-9,11-12H,2-7,10H2,1H3,(H,19,22)(H,20,21). The third kappa shape index (κ3) is 5.43. The third-order valence-electron chi connectivity index (χ3n) is 3.75. The van der Waals surface area contributed by atoms with Crippen molar-refractivity contribution < 1.29 is 19.1 Å². The lowest BCUT2D eigenvalue weighted by Crippen LogP contribution is -2.23. The fraction of sp³-hybridized carbons (Fsp3) is 0.444. The fourth-order valence-corrected chi connectivity index (χ4v) is 2.50. The fourth-order valence-electron chi connectivity index (χ4n) is 2.50. The van der Waals surface area contributed by atoms with Crippen LogP contribution >= 0.6 is 0 Å². The molecule has 2 aromatic rings. The van der Waals surface area contributed by atoms with Gasteiger partial charge in [-0.25, -0.2) is 0 Å². The summed E-state index contributed by atoms with van der Waals surface area (Å²) in [5.41, 5.74) is 1.85. The van der Waals surface area contributed by atoms with E-state index in [0.29, 0.717) is 12.3 Å². The van der Waals surface area contributed by atoms with Crippen molar-refractivity contribution in [3.63, 3.8) is 0 Å². The van der Waals surface area contributed by atoms with Crippen molar-refractivity contribution in [3.8, 4) is 0 Å². The molecule has 0 aliphatic rings. The summed E-state index contributed by atoms with van der Waals surface area (Å²) in [6, 6.07) is 7.59. The molecular formula is C18H23NO4. The van der Waals surface area contributed by atoms with E-state index in [-0.39, 0.29) is 12.3 Å². The topological polar surface area (TPSA) is 79.5 Å². The minimum absolute atomic E-state index is 0.190. The number of furan rings is 1. The molecule has 0 aliphatic carbocycles. The van der Waals surface area contributed by atoms with Crippen LogP contribution in [-0.2, 0) is 4.79 Å². The molecule has 5 nitrogen and oxygen atoms in total. The minimum atomic E-state index is -0.738. The maximum atomic E-state index is 12.0. The number of aliphatic carboxylic acids is 1. The van der Waals surface area contributed by atoms with Crippen LogP contribution in [0, 0.1) is 6.92 Å². The summed E-state index contributed by atoms with van der Waals surface area (Å²) >= 11 is 0. The van der Waals surface area contributed by atoms with Crippen molar-refractivity contribution in [2.75, 3.05) is 6.54 Å². The third-order valence-corrected chi connectivity index (χ3v) is 3.75. The Bertz CT molecular complexity index is 675. The molecule has 23 heavy (non-hydrogen) atoms. The van der Waals surface area contributed by atoms with Crippen molar-refractivity contribution in [3.05, 3.63) is 35.6 Å². The highest BCUT2D eigenvalue weighted by molar-refractivity contribution is 5.96. The molecule has 124 valence electrons. The van der Waals surface area contributed by atoms with Gasteiger partial charge in [-0.15, -0.1) is 0 Å². The molecule has 0 saturated heterocycles. The molecule has 0 unspecified atom stereocenters. The minimum Gasteiger partial charge on any atom is -0.481 e. The summed E-state index contributed by atoms with van der Waals surface area (Å²) in [4.78, 5) is 22.4. The number of carbonyl (C=O) groups is 2. The second-order valence-corrected chi connectivity index (χ2v) is 5.82.